The van der Waals surface area contributed by atoms with E-state index in [1.165, 1.54) is 11.8 Å². The molecule has 0 radical (unpaired) electrons. The van der Waals surface area contributed by atoms with Crippen LogP contribution in [0.1, 0.15) is 6.92 Å². The van der Waals surface area contributed by atoms with Gasteiger partial charge in [0, 0.05) is 33.1 Å². The summed E-state index contributed by atoms with van der Waals surface area (Å²) in [5.74, 6) is 4.75. The quantitative estimate of drug-likeness (QED) is 0.502. The van der Waals surface area contributed by atoms with Crippen LogP contribution in [0.25, 0.3) is 0 Å². The zero-order chi connectivity index (χ0) is 9.84. The minimum atomic E-state index is -0.539. The Morgan fingerprint density at radius 2 is 1.62 bits per heavy atom. The number of hydrogen-bond donors (Lipinski definition) is 1. The fourth-order valence-corrected chi connectivity index (χ4v) is 1.28. The summed E-state index contributed by atoms with van der Waals surface area (Å²) in [6.45, 7) is 3.57. The number of rotatable bonds is 0. The van der Waals surface area contributed by atoms with Gasteiger partial charge in [0.2, 0.25) is 5.91 Å². The molecule has 1 rings (SSSR count). The number of nitrogens with two attached hydrogens (primary N) is 1. The first kappa shape index (κ1) is 9.79. The maximum atomic E-state index is 10.9. The van der Waals surface area contributed by atoms with Gasteiger partial charge in [-0.2, -0.15) is 5.90 Å². The van der Waals surface area contributed by atoms with E-state index in [2.05, 4.69) is 4.84 Å². The highest BCUT2D eigenvalue weighted by molar-refractivity contribution is 5.74. The van der Waals surface area contributed by atoms with Gasteiger partial charge in [-0.25, -0.2) is 4.79 Å². The van der Waals surface area contributed by atoms with Crippen LogP contribution < -0.4 is 5.90 Å². The van der Waals surface area contributed by atoms with Crippen LogP contribution in [0, 0.1) is 0 Å². The Kier molecular flexibility index (Phi) is 3.07. The van der Waals surface area contributed by atoms with E-state index in [9.17, 15) is 9.59 Å². The second-order valence-electron chi connectivity index (χ2n) is 2.88. The van der Waals surface area contributed by atoms with Crippen molar-refractivity contribution in [2.75, 3.05) is 26.2 Å². The standard InChI is InChI=1S/C7H13N3O3/c1-6(11)9-2-4-10(5-3-9)7(12)13-8/h2-5,8H2,1H3. The third-order valence-electron chi connectivity index (χ3n) is 2.08. The lowest BCUT2D eigenvalue weighted by Crippen LogP contribution is -2.50. The molecule has 1 fully saturated rings. The van der Waals surface area contributed by atoms with Crippen molar-refractivity contribution in [1.29, 1.82) is 0 Å². The zero-order valence-corrected chi connectivity index (χ0v) is 7.52. The molecule has 1 heterocycles. The Hall–Kier alpha value is -1.30. The lowest BCUT2D eigenvalue weighted by Gasteiger charge is -2.32. The minimum Gasteiger partial charge on any atom is -0.357 e. The van der Waals surface area contributed by atoms with Crippen molar-refractivity contribution in [3.05, 3.63) is 0 Å². The third-order valence-corrected chi connectivity index (χ3v) is 2.08. The Labute approximate surface area is 76.2 Å². The van der Waals surface area contributed by atoms with Crippen molar-refractivity contribution in [1.82, 2.24) is 9.80 Å². The van der Waals surface area contributed by atoms with E-state index in [0.717, 1.165) is 0 Å². The molecule has 74 valence electrons. The normalized spacial score (nSPS) is 17.1. The summed E-state index contributed by atoms with van der Waals surface area (Å²) in [6.07, 6.45) is -0.539. The molecule has 0 aromatic rings. The van der Waals surface area contributed by atoms with Crippen molar-refractivity contribution < 1.29 is 14.4 Å². The lowest BCUT2D eigenvalue weighted by molar-refractivity contribution is -0.130. The molecular weight excluding hydrogens is 174 g/mol. The highest BCUT2D eigenvalue weighted by atomic mass is 16.7. The Morgan fingerprint density at radius 3 is 2.00 bits per heavy atom. The van der Waals surface area contributed by atoms with Gasteiger partial charge in [-0.3, -0.25) is 4.79 Å². The molecule has 2 amide bonds. The highest BCUT2D eigenvalue weighted by Gasteiger charge is 2.22. The number of amides is 2. The number of piperazine rings is 1. The Morgan fingerprint density at radius 1 is 1.15 bits per heavy atom. The van der Waals surface area contributed by atoms with Crippen LogP contribution in [0.15, 0.2) is 0 Å². The van der Waals surface area contributed by atoms with Crippen LogP contribution in [0.3, 0.4) is 0 Å². The van der Waals surface area contributed by atoms with Crippen LogP contribution in [0.5, 0.6) is 0 Å². The summed E-state index contributed by atoms with van der Waals surface area (Å²) < 4.78 is 0. The maximum absolute atomic E-state index is 10.9. The topological polar surface area (TPSA) is 75.9 Å². The van der Waals surface area contributed by atoms with Crippen molar-refractivity contribution in [2.45, 2.75) is 6.92 Å². The van der Waals surface area contributed by atoms with E-state index in [-0.39, 0.29) is 5.91 Å². The van der Waals surface area contributed by atoms with Gasteiger partial charge in [0.25, 0.3) is 0 Å². The van der Waals surface area contributed by atoms with Crippen LogP contribution in [0.4, 0.5) is 4.79 Å². The SMILES string of the molecule is CC(=O)N1CCN(C(=O)ON)CC1. The molecule has 0 saturated carbocycles. The molecular formula is C7H13N3O3. The molecule has 1 aliphatic rings. The van der Waals surface area contributed by atoms with Gasteiger partial charge >= 0.3 is 6.09 Å². The Balaban J connectivity index is 2.39. The fourth-order valence-electron chi connectivity index (χ4n) is 1.28. The highest BCUT2D eigenvalue weighted by Crippen LogP contribution is 2.02. The molecule has 0 spiro atoms. The Bertz CT molecular complexity index is 211. The molecule has 1 saturated heterocycles. The second-order valence-corrected chi connectivity index (χ2v) is 2.88. The van der Waals surface area contributed by atoms with Crippen LogP contribution >= 0.6 is 0 Å². The monoisotopic (exact) mass is 187 g/mol. The van der Waals surface area contributed by atoms with Gasteiger partial charge in [0.15, 0.2) is 0 Å². The molecule has 2 N–H and O–H groups in total. The predicted molar refractivity (Wildman–Crippen MR) is 44.5 cm³/mol. The molecule has 0 atom stereocenters. The molecule has 6 nitrogen and oxygen atoms in total. The number of hydrogen-bond acceptors (Lipinski definition) is 4. The average molecular weight is 187 g/mol. The van der Waals surface area contributed by atoms with Gasteiger partial charge in [-0.05, 0) is 0 Å². The van der Waals surface area contributed by atoms with Gasteiger partial charge in [-0.1, -0.05) is 0 Å². The first-order valence-electron chi connectivity index (χ1n) is 4.06. The fraction of sp³-hybridized carbons (Fsp3) is 0.714. The first-order valence-corrected chi connectivity index (χ1v) is 4.06. The van der Waals surface area contributed by atoms with Gasteiger partial charge in [0.1, 0.15) is 0 Å². The summed E-state index contributed by atoms with van der Waals surface area (Å²) in [7, 11) is 0. The molecule has 6 heteroatoms. The molecule has 0 aliphatic carbocycles. The van der Waals surface area contributed by atoms with E-state index in [1.54, 1.807) is 4.90 Å². The van der Waals surface area contributed by atoms with E-state index in [0.29, 0.717) is 26.2 Å². The smallest absolute Gasteiger partial charge is 0.357 e. The molecule has 0 aromatic carbocycles. The summed E-state index contributed by atoms with van der Waals surface area (Å²) in [4.78, 5) is 29.1. The third kappa shape index (κ3) is 2.32. The molecule has 1 aliphatic heterocycles. The first-order chi connectivity index (χ1) is 6.15. The van der Waals surface area contributed by atoms with Crippen molar-refractivity contribution in [2.24, 2.45) is 5.90 Å². The van der Waals surface area contributed by atoms with E-state index >= 15 is 0 Å². The molecule has 0 aromatic heterocycles. The van der Waals surface area contributed by atoms with Gasteiger partial charge in [0.05, 0.1) is 0 Å². The number of carbonyl (C=O) groups is 2. The summed E-state index contributed by atoms with van der Waals surface area (Å²) >= 11 is 0. The average Bonchev–Trinajstić information content (AvgIpc) is 2.17. The van der Waals surface area contributed by atoms with E-state index in [1.807, 2.05) is 0 Å². The summed E-state index contributed by atoms with van der Waals surface area (Å²) in [6, 6.07) is 0. The minimum absolute atomic E-state index is 0.0285. The maximum Gasteiger partial charge on any atom is 0.428 e. The molecule has 0 unspecified atom stereocenters. The molecule has 13 heavy (non-hydrogen) atoms. The molecule has 0 bridgehead atoms. The lowest BCUT2D eigenvalue weighted by atomic mass is 10.3. The largest absolute Gasteiger partial charge is 0.428 e. The zero-order valence-electron chi connectivity index (χ0n) is 7.52. The van der Waals surface area contributed by atoms with Crippen molar-refractivity contribution in [3.63, 3.8) is 0 Å². The van der Waals surface area contributed by atoms with Gasteiger partial charge < -0.3 is 14.6 Å². The second kappa shape index (κ2) is 4.08. The van der Waals surface area contributed by atoms with Crippen molar-refractivity contribution in [3.8, 4) is 0 Å². The van der Waals surface area contributed by atoms with Crippen molar-refractivity contribution >= 4 is 12.0 Å². The summed E-state index contributed by atoms with van der Waals surface area (Å²) in [5, 5.41) is 0. The van der Waals surface area contributed by atoms with E-state index in [4.69, 9.17) is 5.90 Å². The van der Waals surface area contributed by atoms with Gasteiger partial charge in [-0.15, -0.1) is 0 Å². The summed E-state index contributed by atoms with van der Waals surface area (Å²) in [5.41, 5.74) is 0. The van der Waals surface area contributed by atoms with Crippen LogP contribution in [-0.4, -0.2) is 48.0 Å². The van der Waals surface area contributed by atoms with Crippen LogP contribution in [-0.2, 0) is 9.63 Å². The van der Waals surface area contributed by atoms with Crippen LogP contribution in [0.2, 0.25) is 0 Å². The predicted octanol–water partition coefficient (Wildman–Crippen LogP) is -0.839. The number of nitrogens with zero attached hydrogens (tertiary/aromatic N) is 2. The van der Waals surface area contributed by atoms with E-state index < -0.39 is 6.09 Å². The number of carbonyl (C=O) groups excluding carboxylic acids is 2.